The molecule has 5 nitrogen and oxygen atoms in total. The van der Waals surface area contributed by atoms with Crippen molar-refractivity contribution in [2.75, 3.05) is 18.9 Å². The van der Waals surface area contributed by atoms with Crippen LogP contribution in [0.2, 0.25) is 0 Å². The van der Waals surface area contributed by atoms with Gasteiger partial charge in [-0.05, 0) is 24.3 Å². The van der Waals surface area contributed by atoms with E-state index in [9.17, 15) is 5.11 Å². The highest BCUT2D eigenvalue weighted by Crippen LogP contribution is 2.26. The Morgan fingerprint density at radius 2 is 2.16 bits per heavy atom. The molecule has 0 saturated heterocycles. The van der Waals surface area contributed by atoms with E-state index in [0.717, 1.165) is 0 Å². The van der Waals surface area contributed by atoms with E-state index < -0.39 is 14.0 Å². The number of rotatable bonds is 2. The predicted molar refractivity (Wildman–Crippen MR) is 73.2 cm³/mol. The summed E-state index contributed by atoms with van der Waals surface area (Å²) in [6.07, 6.45) is 1.28. The third-order valence-electron chi connectivity index (χ3n) is 2.60. The lowest BCUT2D eigenvalue weighted by atomic mass is 10.3. The van der Waals surface area contributed by atoms with E-state index in [4.69, 9.17) is 12.6 Å². The van der Waals surface area contributed by atoms with Gasteiger partial charge in [0.15, 0.2) is 5.58 Å². The molecule has 0 saturated carbocycles. The maximum atomic E-state index is 9.45. The predicted octanol–water partition coefficient (Wildman–Crippen LogP) is 2.66. The number of aromatic nitrogens is 2. The number of anilines is 1. The van der Waals surface area contributed by atoms with Crippen molar-refractivity contribution in [3.63, 3.8) is 0 Å². The number of hydrogen-bond donors (Lipinski definition) is 1. The zero-order chi connectivity index (χ0) is 18.4. The van der Waals surface area contributed by atoms with Crippen LogP contribution in [0.3, 0.4) is 0 Å². The fourth-order valence-corrected chi connectivity index (χ4v) is 1.68. The number of aromatic hydroxyl groups is 1. The maximum absolute atomic E-state index is 9.45. The maximum Gasteiger partial charge on any atom is 0.228 e. The van der Waals surface area contributed by atoms with Crippen LogP contribution in [0.1, 0.15) is 8.22 Å². The van der Waals surface area contributed by atoms with Crippen LogP contribution in [-0.2, 0) is 0 Å². The average molecular weight is 267 g/mol. The fraction of sp³-hybridized carbons (Fsp3) is 0.143. The first kappa shape index (κ1) is 6.56. The smallest absolute Gasteiger partial charge is 0.228 e. The highest BCUT2D eigenvalue weighted by atomic mass is 16.3. The Morgan fingerprint density at radius 3 is 2.89 bits per heavy atom. The average Bonchev–Trinajstić information content (AvgIpc) is 2.88. The van der Waals surface area contributed by atoms with Gasteiger partial charge in [-0.1, -0.05) is 0 Å². The molecule has 2 heterocycles. The Labute approximate surface area is 118 Å². The molecule has 0 radical (unpaired) electrons. The van der Waals surface area contributed by atoms with Crippen LogP contribution in [0.25, 0.3) is 22.6 Å². The first-order chi connectivity index (χ1) is 11.6. The highest BCUT2D eigenvalue weighted by molar-refractivity contribution is 5.77. The fourth-order valence-electron chi connectivity index (χ4n) is 1.68. The molecule has 1 aromatic carbocycles. The Kier molecular flexibility index (Phi) is 1.48. The Balaban J connectivity index is 1.98. The number of hydrogen-bond acceptors (Lipinski definition) is 5. The van der Waals surface area contributed by atoms with Crippen molar-refractivity contribution in [3.8, 4) is 17.2 Å². The van der Waals surface area contributed by atoms with E-state index in [1.54, 1.807) is 6.07 Å². The molecule has 0 aliphatic carbocycles. The standard InChI is InChI=1S/C14H13N3O2/c1-17(2)13-6-3-9(8-15-13)14-16-11-5-4-10(18)7-12(11)19-14/h3-8,18H,1-2H3/i1T3,2T3. The lowest BCUT2D eigenvalue weighted by molar-refractivity contribution is 0.474. The third kappa shape index (κ3) is 2.10. The van der Waals surface area contributed by atoms with Gasteiger partial charge in [0.25, 0.3) is 0 Å². The minimum absolute atomic E-state index is 0.0367. The van der Waals surface area contributed by atoms with Crippen LogP contribution in [0.4, 0.5) is 5.82 Å². The first-order valence-electron chi connectivity index (χ1n) is 8.42. The second-order valence-electron chi connectivity index (χ2n) is 3.91. The Hall–Kier alpha value is -2.56. The number of oxazole rings is 1. The molecule has 0 amide bonds. The SMILES string of the molecule is [3H]C([3H])([3H])N(c1ccc(-c2nc3ccc(O)cc3o2)cn1)C([3H])([3H])[3H]. The van der Waals surface area contributed by atoms with Crippen molar-refractivity contribution in [3.05, 3.63) is 36.5 Å². The molecule has 2 aromatic heterocycles. The molecule has 0 spiro atoms. The molecule has 96 valence electrons. The largest absolute Gasteiger partial charge is 0.508 e. The zero-order valence-corrected chi connectivity index (χ0v) is 9.66. The van der Waals surface area contributed by atoms with Crippen molar-refractivity contribution in [1.29, 1.82) is 0 Å². The molecule has 19 heavy (non-hydrogen) atoms. The van der Waals surface area contributed by atoms with Gasteiger partial charge in [0.05, 0.1) is 5.56 Å². The molecule has 0 fully saturated rings. The van der Waals surface area contributed by atoms with Gasteiger partial charge >= 0.3 is 0 Å². The topological polar surface area (TPSA) is 62.4 Å². The van der Waals surface area contributed by atoms with Crippen LogP contribution in [0, 0.1) is 0 Å². The van der Waals surface area contributed by atoms with Gasteiger partial charge in [-0.25, -0.2) is 9.97 Å². The summed E-state index contributed by atoms with van der Waals surface area (Å²) in [5.74, 6) is 0.0427. The van der Waals surface area contributed by atoms with E-state index in [0.29, 0.717) is 21.6 Å². The van der Waals surface area contributed by atoms with Crippen molar-refractivity contribution in [2.45, 2.75) is 0 Å². The van der Waals surface area contributed by atoms with Gasteiger partial charge in [-0.3, -0.25) is 0 Å². The molecular weight excluding hydrogens is 242 g/mol. The number of phenolic OH excluding ortho intramolecular Hbond substituents is 1. The second kappa shape index (κ2) is 4.28. The summed E-state index contributed by atoms with van der Waals surface area (Å²) in [5.41, 5.74) is 1.35. The van der Waals surface area contributed by atoms with Crippen molar-refractivity contribution in [1.82, 2.24) is 9.97 Å². The molecule has 5 heteroatoms. The normalized spacial score (nSPS) is 16.8. The molecule has 0 atom stereocenters. The molecule has 0 unspecified atom stereocenters. The quantitative estimate of drug-likeness (QED) is 0.773. The number of fused-ring (bicyclic) bond motifs is 1. The molecule has 3 rings (SSSR count). The van der Waals surface area contributed by atoms with E-state index in [1.165, 1.54) is 30.5 Å². The van der Waals surface area contributed by atoms with Crippen LogP contribution in [0.5, 0.6) is 5.75 Å². The van der Waals surface area contributed by atoms with E-state index in [-0.39, 0.29) is 17.5 Å². The van der Waals surface area contributed by atoms with Gasteiger partial charge in [0.2, 0.25) is 5.89 Å². The Bertz CT molecular complexity index is 888. The number of benzene rings is 1. The summed E-state index contributed by atoms with van der Waals surface area (Å²) in [7, 11) is 0. The molecule has 0 aliphatic rings. The molecule has 1 N–H and O–H groups in total. The number of pyridine rings is 1. The van der Waals surface area contributed by atoms with E-state index in [1.807, 2.05) is 0 Å². The first-order valence-corrected chi connectivity index (χ1v) is 5.42. The van der Waals surface area contributed by atoms with E-state index in [2.05, 4.69) is 9.97 Å². The van der Waals surface area contributed by atoms with E-state index >= 15 is 0 Å². The van der Waals surface area contributed by atoms with Crippen LogP contribution in [0.15, 0.2) is 40.9 Å². The summed E-state index contributed by atoms with van der Waals surface area (Å²) >= 11 is 0. The minimum Gasteiger partial charge on any atom is -0.508 e. The summed E-state index contributed by atoms with van der Waals surface area (Å²) < 4.78 is 49.9. The van der Waals surface area contributed by atoms with Gasteiger partial charge in [-0.2, -0.15) is 0 Å². The monoisotopic (exact) mass is 267 g/mol. The lowest BCUT2D eigenvalue weighted by Gasteiger charge is -2.10. The molecular formula is C14H13N3O2. The minimum atomic E-state index is -2.87. The second-order valence-corrected chi connectivity index (χ2v) is 3.91. The van der Waals surface area contributed by atoms with Crippen molar-refractivity contribution < 1.29 is 17.7 Å². The van der Waals surface area contributed by atoms with Gasteiger partial charge in [-0.15, -0.1) is 0 Å². The van der Waals surface area contributed by atoms with Crippen LogP contribution in [-0.4, -0.2) is 29.0 Å². The van der Waals surface area contributed by atoms with Gasteiger partial charge in [0, 0.05) is 34.4 Å². The zero-order valence-electron chi connectivity index (χ0n) is 15.7. The third-order valence-corrected chi connectivity index (χ3v) is 2.60. The summed E-state index contributed by atoms with van der Waals surface area (Å²) in [6.45, 7) is -5.73. The van der Waals surface area contributed by atoms with Gasteiger partial charge in [0.1, 0.15) is 17.1 Å². The summed E-state index contributed by atoms with van der Waals surface area (Å²) in [4.78, 5) is 8.47. The number of nitrogens with zero attached hydrogens (tertiary/aromatic N) is 3. The summed E-state index contributed by atoms with van der Waals surface area (Å²) in [5, 5.41) is 9.45. The number of phenols is 1. The van der Waals surface area contributed by atoms with Crippen molar-refractivity contribution in [2.24, 2.45) is 0 Å². The van der Waals surface area contributed by atoms with Gasteiger partial charge < -0.3 is 14.4 Å². The highest BCUT2D eigenvalue weighted by Gasteiger charge is 2.09. The van der Waals surface area contributed by atoms with Crippen LogP contribution >= 0.6 is 0 Å². The van der Waals surface area contributed by atoms with Crippen LogP contribution < -0.4 is 4.90 Å². The van der Waals surface area contributed by atoms with Crippen molar-refractivity contribution >= 4 is 16.9 Å². The Morgan fingerprint density at radius 1 is 1.26 bits per heavy atom. The summed E-state index contributed by atoms with van der Waals surface area (Å²) in [6, 6.07) is 7.22. The molecule has 0 aliphatic heterocycles. The molecule has 0 bridgehead atoms. The molecule has 3 aromatic rings. The lowest BCUT2D eigenvalue weighted by Crippen LogP contribution is -2.09.